The van der Waals surface area contributed by atoms with E-state index in [1.165, 1.54) is 18.4 Å². The van der Waals surface area contributed by atoms with Crippen LogP contribution >= 0.6 is 0 Å². The monoisotopic (exact) mass is 401 g/mol. The number of piperidine rings is 1. The number of nitrogens with zero attached hydrogens (tertiary/aromatic N) is 3. The SMILES string of the molecule is CCNC(=NCCCCN(C)C(C)C)NC1CCN(Cc2ccccc2)C(C)C1. The summed E-state index contributed by atoms with van der Waals surface area (Å²) in [6.07, 6.45) is 4.67. The highest BCUT2D eigenvalue weighted by Gasteiger charge is 2.25. The van der Waals surface area contributed by atoms with Gasteiger partial charge in [-0.2, -0.15) is 0 Å². The molecule has 2 rings (SSSR count). The zero-order chi connectivity index (χ0) is 21.1. The first-order chi connectivity index (χ1) is 14.0. The molecular formula is C24H43N5. The summed E-state index contributed by atoms with van der Waals surface area (Å²) in [7, 11) is 2.20. The Kier molecular flexibility index (Phi) is 10.5. The van der Waals surface area contributed by atoms with Gasteiger partial charge in [-0.15, -0.1) is 0 Å². The van der Waals surface area contributed by atoms with Crippen LogP contribution < -0.4 is 10.6 Å². The molecule has 0 radical (unpaired) electrons. The van der Waals surface area contributed by atoms with E-state index < -0.39 is 0 Å². The Morgan fingerprint density at radius 1 is 1.24 bits per heavy atom. The summed E-state index contributed by atoms with van der Waals surface area (Å²) in [4.78, 5) is 9.82. The summed E-state index contributed by atoms with van der Waals surface area (Å²) in [6, 6.07) is 12.5. The minimum Gasteiger partial charge on any atom is -0.357 e. The van der Waals surface area contributed by atoms with Crippen molar-refractivity contribution in [1.82, 2.24) is 20.4 Å². The highest BCUT2D eigenvalue weighted by molar-refractivity contribution is 5.80. The van der Waals surface area contributed by atoms with Crippen molar-refractivity contribution in [1.29, 1.82) is 0 Å². The van der Waals surface area contributed by atoms with Gasteiger partial charge in [0.1, 0.15) is 0 Å². The van der Waals surface area contributed by atoms with Crippen molar-refractivity contribution >= 4 is 5.96 Å². The van der Waals surface area contributed by atoms with Gasteiger partial charge in [0.05, 0.1) is 0 Å². The van der Waals surface area contributed by atoms with Gasteiger partial charge in [0.15, 0.2) is 5.96 Å². The average molecular weight is 402 g/mol. The van der Waals surface area contributed by atoms with Crippen molar-refractivity contribution in [3.8, 4) is 0 Å². The molecule has 1 aromatic carbocycles. The smallest absolute Gasteiger partial charge is 0.191 e. The third-order valence-electron chi connectivity index (χ3n) is 6.00. The number of hydrogen-bond donors (Lipinski definition) is 2. The molecule has 29 heavy (non-hydrogen) atoms. The first-order valence-corrected chi connectivity index (χ1v) is 11.5. The van der Waals surface area contributed by atoms with E-state index in [0.717, 1.165) is 51.5 Å². The lowest BCUT2D eigenvalue weighted by Crippen LogP contribution is -2.51. The minimum atomic E-state index is 0.502. The molecule has 2 atom stereocenters. The number of guanidine groups is 1. The number of aliphatic imine (C=N–C) groups is 1. The number of rotatable bonds is 10. The van der Waals surface area contributed by atoms with Gasteiger partial charge in [0.2, 0.25) is 0 Å². The van der Waals surface area contributed by atoms with E-state index in [9.17, 15) is 0 Å². The molecular weight excluding hydrogens is 358 g/mol. The lowest BCUT2D eigenvalue weighted by atomic mass is 9.97. The lowest BCUT2D eigenvalue weighted by Gasteiger charge is -2.38. The van der Waals surface area contributed by atoms with Crippen molar-refractivity contribution < 1.29 is 0 Å². The second-order valence-electron chi connectivity index (χ2n) is 8.71. The van der Waals surface area contributed by atoms with Crippen molar-refractivity contribution in [2.75, 3.05) is 33.2 Å². The molecule has 2 N–H and O–H groups in total. The van der Waals surface area contributed by atoms with Gasteiger partial charge in [-0.05, 0) is 72.5 Å². The van der Waals surface area contributed by atoms with Crippen LogP contribution in [-0.4, -0.2) is 67.1 Å². The maximum atomic E-state index is 4.82. The van der Waals surface area contributed by atoms with E-state index in [-0.39, 0.29) is 0 Å². The fourth-order valence-corrected chi connectivity index (χ4v) is 3.84. The van der Waals surface area contributed by atoms with E-state index in [0.29, 0.717) is 18.1 Å². The molecule has 1 aliphatic rings. The van der Waals surface area contributed by atoms with Crippen LogP contribution in [0.3, 0.4) is 0 Å². The van der Waals surface area contributed by atoms with Crippen molar-refractivity contribution in [2.24, 2.45) is 4.99 Å². The fraction of sp³-hybridized carbons (Fsp3) is 0.708. The number of likely N-dealkylation sites (tertiary alicyclic amines) is 1. The molecule has 5 nitrogen and oxygen atoms in total. The number of hydrogen-bond acceptors (Lipinski definition) is 3. The Bertz CT molecular complexity index is 586. The Labute approximate surface area is 179 Å². The van der Waals surface area contributed by atoms with Crippen LogP contribution in [0.4, 0.5) is 0 Å². The van der Waals surface area contributed by atoms with E-state index in [4.69, 9.17) is 4.99 Å². The average Bonchev–Trinajstić information content (AvgIpc) is 2.70. The lowest BCUT2D eigenvalue weighted by molar-refractivity contribution is 0.134. The van der Waals surface area contributed by atoms with E-state index in [1.54, 1.807) is 0 Å². The summed E-state index contributed by atoms with van der Waals surface area (Å²) in [5, 5.41) is 7.12. The molecule has 1 saturated heterocycles. The Hall–Kier alpha value is -1.59. The third-order valence-corrected chi connectivity index (χ3v) is 6.00. The van der Waals surface area contributed by atoms with Crippen LogP contribution in [0.15, 0.2) is 35.3 Å². The highest BCUT2D eigenvalue weighted by Crippen LogP contribution is 2.19. The van der Waals surface area contributed by atoms with Gasteiger partial charge in [-0.25, -0.2) is 0 Å². The van der Waals surface area contributed by atoms with Gasteiger partial charge in [-0.3, -0.25) is 9.89 Å². The van der Waals surface area contributed by atoms with Gasteiger partial charge >= 0.3 is 0 Å². The van der Waals surface area contributed by atoms with Crippen molar-refractivity contribution in [2.45, 2.75) is 78.0 Å². The molecule has 1 aromatic rings. The van der Waals surface area contributed by atoms with Crippen LogP contribution in [0.5, 0.6) is 0 Å². The Morgan fingerprint density at radius 3 is 2.66 bits per heavy atom. The van der Waals surface area contributed by atoms with E-state index in [2.05, 4.69) is 85.5 Å². The van der Waals surface area contributed by atoms with Crippen molar-refractivity contribution in [3.63, 3.8) is 0 Å². The standard InChI is InChI=1S/C24H43N5/c1-6-25-24(26-15-10-11-16-28(5)20(2)3)27-23-14-17-29(21(4)18-23)19-22-12-8-7-9-13-22/h7-9,12-13,20-21,23H,6,10-11,14-19H2,1-5H3,(H2,25,26,27). The van der Waals surface area contributed by atoms with E-state index >= 15 is 0 Å². The molecule has 5 heteroatoms. The molecule has 1 fully saturated rings. The molecule has 0 saturated carbocycles. The number of nitrogens with one attached hydrogen (secondary N) is 2. The topological polar surface area (TPSA) is 42.9 Å². The molecule has 1 heterocycles. The van der Waals surface area contributed by atoms with Crippen LogP contribution in [0.2, 0.25) is 0 Å². The predicted molar refractivity (Wildman–Crippen MR) is 125 cm³/mol. The fourth-order valence-electron chi connectivity index (χ4n) is 3.84. The van der Waals surface area contributed by atoms with Crippen LogP contribution in [0.1, 0.15) is 58.9 Å². The molecule has 0 amide bonds. The largest absolute Gasteiger partial charge is 0.357 e. The molecule has 2 unspecified atom stereocenters. The molecule has 0 aromatic heterocycles. The van der Waals surface area contributed by atoms with Crippen LogP contribution in [0, 0.1) is 0 Å². The Morgan fingerprint density at radius 2 is 2.00 bits per heavy atom. The second-order valence-corrected chi connectivity index (χ2v) is 8.71. The number of benzene rings is 1. The third kappa shape index (κ3) is 8.75. The summed E-state index contributed by atoms with van der Waals surface area (Å²) >= 11 is 0. The molecule has 164 valence electrons. The number of unbranched alkanes of at least 4 members (excludes halogenated alkanes) is 1. The van der Waals surface area contributed by atoms with Gasteiger partial charge in [0, 0.05) is 44.3 Å². The highest BCUT2D eigenvalue weighted by atomic mass is 15.2. The first kappa shape index (κ1) is 23.7. The normalized spacial score (nSPS) is 21.0. The minimum absolute atomic E-state index is 0.502. The molecule has 0 aliphatic carbocycles. The summed E-state index contributed by atoms with van der Waals surface area (Å²) in [5.74, 6) is 0.985. The van der Waals surface area contributed by atoms with Crippen molar-refractivity contribution in [3.05, 3.63) is 35.9 Å². The molecule has 0 bridgehead atoms. The van der Waals surface area contributed by atoms with E-state index in [1.807, 2.05) is 0 Å². The van der Waals surface area contributed by atoms with Gasteiger partial charge in [-0.1, -0.05) is 30.3 Å². The zero-order valence-corrected chi connectivity index (χ0v) is 19.3. The molecule has 0 spiro atoms. The maximum Gasteiger partial charge on any atom is 0.191 e. The quantitative estimate of drug-likeness (QED) is 0.356. The van der Waals surface area contributed by atoms with Gasteiger partial charge in [0.25, 0.3) is 0 Å². The summed E-state index contributed by atoms with van der Waals surface area (Å²) in [5.41, 5.74) is 1.41. The second kappa shape index (κ2) is 12.9. The van der Waals surface area contributed by atoms with Crippen LogP contribution in [0.25, 0.3) is 0 Å². The zero-order valence-electron chi connectivity index (χ0n) is 19.3. The Balaban J connectivity index is 1.75. The maximum absolute atomic E-state index is 4.82. The summed E-state index contributed by atoms with van der Waals surface area (Å²) < 4.78 is 0. The summed E-state index contributed by atoms with van der Waals surface area (Å²) in [6.45, 7) is 14.1. The first-order valence-electron chi connectivity index (χ1n) is 11.5. The van der Waals surface area contributed by atoms with Gasteiger partial charge < -0.3 is 15.5 Å². The predicted octanol–water partition coefficient (Wildman–Crippen LogP) is 3.72. The van der Waals surface area contributed by atoms with Crippen LogP contribution in [-0.2, 0) is 6.54 Å². The molecule has 1 aliphatic heterocycles.